The minimum Gasteiger partial charge on any atom is -0.379 e. The highest BCUT2D eigenvalue weighted by molar-refractivity contribution is 4.94. The average molecular weight is 269 g/mol. The molecule has 1 heterocycles. The molecule has 2 atom stereocenters. The van der Waals surface area contributed by atoms with Crippen molar-refractivity contribution in [2.75, 3.05) is 13.2 Å². The van der Waals surface area contributed by atoms with Crippen LogP contribution in [0, 0.1) is 11.3 Å². The SMILES string of the molecule is CCCOCC(N)c1noc(CC(C)C(C)(C)C)n1. The normalized spacial score (nSPS) is 15.5. The van der Waals surface area contributed by atoms with Gasteiger partial charge in [-0.1, -0.05) is 39.8 Å². The smallest absolute Gasteiger partial charge is 0.226 e. The number of rotatable bonds is 7. The van der Waals surface area contributed by atoms with E-state index in [4.69, 9.17) is 15.0 Å². The Labute approximate surface area is 115 Å². The molecule has 0 radical (unpaired) electrons. The van der Waals surface area contributed by atoms with Crippen molar-refractivity contribution in [3.8, 4) is 0 Å². The third kappa shape index (κ3) is 5.28. The number of hydrogen-bond acceptors (Lipinski definition) is 5. The summed E-state index contributed by atoms with van der Waals surface area (Å²) >= 11 is 0. The topological polar surface area (TPSA) is 74.2 Å². The van der Waals surface area contributed by atoms with Gasteiger partial charge in [0.05, 0.1) is 12.6 Å². The molecule has 19 heavy (non-hydrogen) atoms. The molecule has 2 N–H and O–H groups in total. The molecule has 0 bridgehead atoms. The second-order valence-corrected chi connectivity index (χ2v) is 6.20. The van der Waals surface area contributed by atoms with E-state index in [1.165, 1.54) is 0 Å². The van der Waals surface area contributed by atoms with Crippen molar-refractivity contribution < 1.29 is 9.26 Å². The summed E-state index contributed by atoms with van der Waals surface area (Å²) in [5, 5.41) is 3.94. The van der Waals surface area contributed by atoms with E-state index in [-0.39, 0.29) is 11.5 Å². The van der Waals surface area contributed by atoms with E-state index in [1.54, 1.807) is 0 Å². The minimum absolute atomic E-state index is 0.223. The third-order valence-corrected chi connectivity index (χ3v) is 3.42. The van der Waals surface area contributed by atoms with Gasteiger partial charge in [-0.2, -0.15) is 4.98 Å². The molecule has 5 nitrogen and oxygen atoms in total. The predicted octanol–water partition coefficient (Wildman–Crippen LogP) is 2.72. The zero-order valence-electron chi connectivity index (χ0n) is 12.8. The fourth-order valence-electron chi connectivity index (χ4n) is 1.50. The van der Waals surface area contributed by atoms with Crippen LogP contribution < -0.4 is 5.73 Å². The first-order chi connectivity index (χ1) is 8.84. The summed E-state index contributed by atoms with van der Waals surface area (Å²) in [6, 6.07) is -0.311. The minimum atomic E-state index is -0.311. The van der Waals surface area contributed by atoms with Gasteiger partial charge in [0.2, 0.25) is 5.89 Å². The molecule has 0 saturated carbocycles. The van der Waals surface area contributed by atoms with Crippen molar-refractivity contribution in [1.82, 2.24) is 10.1 Å². The summed E-state index contributed by atoms with van der Waals surface area (Å²) in [5.41, 5.74) is 6.18. The second kappa shape index (κ2) is 7.01. The van der Waals surface area contributed by atoms with Crippen molar-refractivity contribution in [2.45, 2.75) is 53.5 Å². The molecule has 0 saturated heterocycles. The van der Waals surface area contributed by atoms with Crippen molar-refractivity contribution in [3.05, 3.63) is 11.7 Å². The Balaban J connectivity index is 2.52. The maximum Gasteiger partial charge on any atom is 0.226 e. The van der Waals surface area contributed by atoms with Gasteiger partial charge in [-0.05, 0) is 17.8 Å². The van der Waals surface area contributed by atoms with Gasteiger partial charge in [-0.15, -0.1) is 0 Å². The van der Waals surface area contributed by atoms with E-state index >= 15 is 0 Å². The van der Waals surface area contributed by atoms with Crippen LogP contribution >= 0.6 is 0 Å². The molecule has 1 aromatic heterocycles. The number of ether oxygens (including phenoxy) is 1. The Bertz CT molecular complexity index is 371. The molecule has 0 aliphatic heterocycles. The summed E-state index contributed by atoms with van der Waals surface area (Å²) in [7, 11) is 0. The maximum absolute atomic E-state index is 5.96. The largest absolute Gasteiger partial charge is 0.379 e. The molecule has 0 aromatic carbocycles. The lowest BCUT2D eigenvalue weighted by Crippen LogP contribution is -2.20. The fraction of sp³-hybridized carbons (Fsp3) is 0.857. The van der Waals surface area contributed by atoms with E-state index in [0.29, 0.717) is 30.8 Å². The molecule has 0 spiro atoms. The monoisotopic (exact) mass is 269 g/mol. The average Bonchev–Trinajstić information content (AvgIpc) is 2.76. The highest BCUT2D eigenvalue weighted by Crippen LogP contribution is 2.28. The van der Waals surface area contributed by atoms with Crippen LogP contribution in [-0.2, 0) is 11.2 Å². The van der Waals surface area contributed by atoms with E-state index in [2.05, 4.69) is 44.8 Å². The summed E-state index contributed by atoms with van der Waals surface area (Å²) < 4.78 is 10.7. The highest BCUT2D eigenvalue weighted by atomic mass is 16.5. The van der Waals surface area contributed by atoms with Crippen LogP contribution in [-0.4, -0.2) is 23.4 Å². The van der Waals surface area contributed by atoms with Crippen LogP contribution in [0.5, 0.6) is 0 Å². The summed E-state index contributed by atoms with van der Waals surface area (Å²) in [5.74, 6) is 1.66. The van der Waals surface area contributed by atoms with Crippen LogP contribution in [0.25, 0.3) is 0 Å². The lowest BCUT2D eigenvalue weighted by molar-refractivity contribution is 0.119. The Hall–Kier alpha value is -0.940. The van der Waals surface area contributed by atoms with Crippen LogP contribution in [0.2, 0.25) is 0 Å². The van der Waals surface area contributed by atoms with Crippen molar-refractivity contribution in [2.24, 2.45) is 17.1 Å². The summed E-state index contributed by atoms with van der Waals surface area (Å²) in [4.78, 5) is 4.36. The molecule has 0 aliphatic carbocycles. The first-order valence-electron chi connectivity index (χ1n) is 7.00. The third-order valence-electron chi connectivity index (χ3n) is 3.42. The van der Waals surface area contributed by atoms with Crippen LogP contribution in [0.1, 0.15) is 58.8 Å². The van der Waals surface area contributed by atoms with Gasteiger partial charge in [-0.3, -0.25) is 0 Å². The quantitative estimate of drug-likeness (QED) is 0.770. The Morgan fingerprint density at radius 2 is 2.05 bits per heavy atom. The van der Waals surface area contributed by atoms with Crippen LogP contribution in [0.4, 0.5) is 0 Å². The van der Waals surface area contributed by atoms with Gasteiger partial charge in [0.1, 0.15) is 0 Å². The molecule has 5 heteroatoms. The zero-order chi connectivity index (χ0) is 14.5. The fourth-order valence-corrected chi connectivity index (χ4v) is 1.50. The molecular weight excluding hydrogens is 242 g/mol. The van der Waals surface area contributed by atoms with Crippen molar-refractivity contribution >= 4 is 0 Å². The lowest BCUT2D eigenvalue weighted by atomic mass is 9.80. The number of nitrogens with two attached hydrogens (primary N) is 1. The molecule has 0 amide bonds. The Morgan fingerprint density at radius 1 is 1.37 bits per heavy atom. The van der Waals surface area contributed by atoms with Crippen molar-refractivity contribution in [1.29, 1.82) is 0 Å². The molecular formula is C14H27N3O2. The number of hydrogen-bond donors (Lipinski definition) is 1. The van der Waals surface area contributed by atoms with E-state index in [9.17, 15) is 0 Å². The van der Waals surface area contributed by atoms with Gasteiger partial charge >= 0.3 is 0 Å². The van der Waals surface area contributed by atoms with Gasteiger partial charge in [0.15, 0.2) is 5.82 Å². The summed E-state index contributed by atoms with van der Waals surface area (Å²) in [6.45, 7) is 12.0. The van der Waals surface area contributed by atoms with Crippen LogP contribution in [0.3, 0.4) is 0 Å². The molecule has 2 unspecified atom stereocenters. The van der Waals surface area contributed by atoms with Gasteiger partial charge in [0.25, 0.3) is 0 Å². The van der Waals surface area contributed by atoms with Gasteiger partial charge < -0.3 is 15.0 Å². The standard InChI is InChI=1S/C14H27N3O2/c1-6-7-18-9-11(15)13-16-12(19-17-13)8-10(2)14(3,4)5/h10-11H,6-9,15H2,1-5H3. The lowest BCUT2D eigenvalue weighted by Gasteiger charge is -2.25. The molecule has 0 fully saturated rings. The predicted molar refractivity (Wildman–Crippen MR) is 74.7 cm³/mol. The zero-order valence-corrected chi connectivity index (χ0v) is 12.8. The van der Waals surface area contributed by atoms with E-state index in [0.717, 1.165) is 12.8 Å². The van der Waals surface area contributed by atoms with Crippen molar-refractivity contribution in [3.63, 3.8) is 0 Å². The van der Waals surface area contributed by atoms with Crippen LogP contribution in [0.15, 0.2) is 4.52 Å². The highest BCUT2D eigenvalue weighted by Gasteiger charge is 2.23. The number of aromatic nitrogens is 2. The molecule has 1 aromatic rings. The van der Waals surface area contributed by atoms with E-state index < -0.39 is 0 Å². The first kappa shape index (κ1) is 16.1. The van der Waals surface area contributed by atoms with E-state index in [1.807, 2.05) is 0 Å². The second-order valence-electron chi connectivity index (χ2n) is 6.20. The molecule has 1 rings (SSSR count). The number of nitrogens with zero attached hydrogens (tertiary/aromatic N) is 2. The maximum atomic E-state index is 5.96. The van der Waals surface area contributed by atoms with Gasteiger partial charge in [0, 0.05) is 13.0 Å². The summed E-state index contributed by atoms with van der Waals surface area (Å²) in [6.07, 6.45) is 1.76. The van der Waals surface area contributed by atoms with Gasteiger partial charge in [-0.25, -0.2) is 0 Å². The Kier molecular flexibility index (Phi) is 5.94. The molecule has 110 valence electrons. The first-order valence-corrected chi connectivity index (χ1v) is 7.00. The molecule has 0 aliphatic rings. The Morgan fingerprint density at radius 3 is 2.63 bits per heavy atom.